The van der Waals surface area contributed by atoms with Crippen molar-refractivity contribution in [3.63, 3.8) is 0 Å². The van der Waals surface area contributed by atoms with E-state index in [0.717, 1.165) is 16.5 Å². The van der Waals surface area contributed by atoms with Gasteiger partial charge in [0.15, 0.2) is 0 Å². The third-order valence-corrected chi connectivity index (χ3v) is 3.79. The zero-order valence-corrected chi connectivity index (χ0v) is 11.9. The van der Waals surface area contributed by atoms with Crippen LogP contribution in [0.15, 0.2) is 30.5 Å². The predicted octanol–water partition coefficient (Wildman–Crippen LogP) is 2.35. The summed E-state index contributed by atoms with van der Waals surface area (Å²) in [6, 6.07) is 8.08. The van der Waals surface area contributed by atoms with E-state index in [-0.39, 0.29) is 18.1 Å². The number of amides is 1. The van der Waals surface area contributed by atoms with Crippen LogP contribution in [-0.2, 0) is 16.0 Å². The maximum Gasteiger partial charge on any atom is 0.227 e. The number of rotatable bonds is 2. The van der Waals surface area contributed by atoms with E-state index in [9.17, 15) is 4.79 Å². The van der Waals surface area contributed by atoms with Gasteiger partial charge in [0.25, 0.3) is 0 Å². The van der Waals surface area contributed by atoms with Crippen molar-refractivity contribution in [2.45, 2.75) is 32.5 Å². The summed E-state index contributed by atoms with van der Waals surface area (Å²) < 4.78 is 5.67. The Labute approximate surface area is 118 Å². The number of hydrogen-bond acceptors (Lipinski definition) is 2. The lowest BCUT2D eigenvalue weighted by atomic mass is 10.1. The van der Waals surface area contributed by atoms with E-state index in [4.69, 9.17) is 4.74 Å². The van der Waals surface area contributed by atoms with Gasteiger partial charge in [-0.15, -0.1) is 0 Å². The van der Waals surface area contributed by atoms with Crippen LogP contribution >= 0.6 is 0 Å². The summed E-state index contributed by atoms with van der Waals surface area (Å²) in [5.41, 5.74) is 2.15. The summed E-state index contributed by atoms with van der Waals surface area (Å²) in [6.45, 7) is 5.40. The molecule has 0 bridgehead atoms. The molecule has 2 heterocycles. The third-order valence-electron chi connectivity index (χ3n) is 3.79. The summed E-state index contributed by atoms with van der Waals surface area (Å²) >= 11 is 0. The Bertz CT molecular complexity index is 610. The molecule has 0 radical (unpaired) electrons. The fourth-order valence-electron chi connectivity index (χ4n) is 2.93. The van der Waals surface area contributed by atoms with Gasteiger partial charge in [-0.3, -0.25) is 4.79 Å². The van der Waals surface area contributed by atoms with Crippen molar-refractivity contribution in [2.75, 3.05) is 13.1 Å². The number of aromatic amines is 1. The average molecular weight is 272 g/mol. The van der Waals surface area contributed by atoms with Crippen LogP contribution in [0.25, 0.3) is 10.9 Å². The van der Waals surface area contributed by atoms with Crippen LogP contribution in [0.3, 0.4) is 0 Å². The second-order valence-corrected chi connectivity index (χ2v) is 5.59. The minimum atomic E-state index is 0.116. The molecule has 1 amide bonds. The van der Waals surface area contributed by atoms with E-state index in [1.807, 2.05) is 43.1 Å². The van der Waals surface area contributed by atoms with E-state index in [1.54, 1.807) is 0 Å². The molecule has 20 heavy (non-hydrogen) atoms. The SMILES string of the molecule is C[C@@H]1CN(C(=O)Cc2c[nH]c3ccccc23)C[C@@H](C)O1. The molecule has 0 aliphatic carbocycles. The number of hydrogen-bond donors (Lipinski definition) is 1. The fourth-order valence-corrected chi connectivity index (χ4v) is 2.93. The zero-order valence-electron chi connectivity index (χ0n) is 11.9. The standard InChI is InChI=1S/C16H20N2O2/c1-11-9-18(10-12(2)20-11)16(19)7-13-8-17-15-6-4-3-5-14(13)15/h3-6,8,11-12,17H,7,9-10H2,1-2H3/t11-,12-/m1/s1. The lowest BCUT2D eigenvalue weighted by Gasteiger charge is -2.35. The van der Waals surface area contributed by atoms with Crippen LogP contribution in [0.1, 0.15) is 19.4 Å². The normalized spacial score (nSPS) is 23.2. The number of carbonyl (C=O) groups excluding carboxylic acids is 1. The number of H-pyrrole nitrogens is 1. The molecule has 3 rings (SSSR count). The molecular weight excluding hydrogens is 252 g/mol. The minimum Gasteiger partial charge on any atom is -0.372 e. The number of fused-ring (bicyclic) bond motifs is 1. The topological polar surface area (TPSA) is 45.3 Å². The van der Waals surface area contributed by atoms with E-state index in [1.165, 1.54) is 0 Å². The highest BCUT2D eigenvalue weighted by Gasteiger charge is 2.26. The molecule has 0 saturated carbocycles. The molecule has 1 aromatic carbocycles. The quantitative estimate of drug-likeness (QED) is 0.912. The molecular formula is C16H20N2O2. The first kappa shape index (κ1) is 13.2. The van der Waals surface area contributed by atoms with Crippen molar-refractivity contribution < 1.29 is 9.53 Å². The van der Waals surface area contributed by atoms with E-state index in [2.05, 4.69) is 11.1 Å². The molecule has 1 N–H and O–H groups in total. The number of nitrogens with zero attached hydrogens (tertiary/aromatic N) is 1. The average Bonchev–Trinajstić information content (AvgIpc) is 2.81. The second kappa shape index (κ2) is 5.29. The van der Waals surface area contributed by atoms with Crippen molar-refractivity contribution in [2.24, 2.45) is 0 Å². The van der Waals surface area contributed by atoms with Gasteiger partial charge < -0.3 is 14.6 Å². The van der Waals surface area contributed by atoms with Crippen molar-refractivity contribution in [1.82, 2.24) is 9.88 Å². The van der Waals surface area contributed by atoms with Gasteiger partial charge >= 0.3 is 0 Å². The summed E-state index contributed by atoms with van der Waals surface area (Å²) in [4.78, 5) is 17.6. The Hall–Kier alpha value is -1.81. The van der Waals surface area contributed by atoms with E-state index < -0.39 is 0 Å². The summed E-state index contributed by atoms with van der Waals surface area (Å²) in [7, 11) is 0. The molecule has 1 aromatic heterocycles. The largest absolute Gasteiger partial charge is 0.372 e. The Morgan fingerprint density at radius 3 is 2.75 bits per heavy atom. The predicted molar refractivity (Wildman–Crippen MR) is 78.6 cm³/mol. The molecule has 4 nitrogen and oxygen atoms in total. The van der Waals surface area contributed by atoms with Gasteiger partial charge in [-0.25, -0.2) is 0 Å². The highest BCUT2D eigenvalue weighted by molar-refractivity contribution is 5.88. The number of para-hydroxylation sites is 1. The molecule has 2 atom stereocenters. The van der Waals surface area contributed by atoms with Crippen LogP contribution in [0.4, 0.5) is 0 Å². The van der Waals surface area contributed by atoms with Crippen molar-refractivity contribution in [3.05, 3.63) is 36.0 Å². The third kappa shape index (κ3) is 2.56. The summed E-state index contributed by atoms with van der Waals surface area (Å²) in [6.07, 6.45) is 2.62. The number of benzene rings is 1. The number of morpholine rings is 1. The lowest BCUT2D eigenvalue weighted by Crippen LogP contribution is -2.48. The van der Waals surface area contributed by atoms with E-state index >= 15 is 0 Å². The highest BCUT2D eigenvalue weighted by Crippen LogP contribution is 2.19. The van der Waals surface area contributed by atoms with Gasteiger partial charge in [-0.1, -0.05) is 18.2 Å². The molecule has 0 unspecified atom stereocenters. The van der Waals surface area contributed by atoms with Crippen molar-refractivity contribution >= 4 is 16.8 Å². The Kier molecular flexibility index (Phi) is 3.49. The first-order valence-corrected chi connectivity index (χ1v) is 7.11. The molecule has 2 aromatic rings. The molecule has 1 fully saturated rings. The van der Waals surface area contributed by atoms with E-state index in [0.29, 0.717) is 19.5 Å². The number of aromatic nitrogens is 1. The smallest absolute Gasteiger partial charge is 0.227 e. The first-order chi connectivity index (χ1) is 9.63. The molecule has 1 aliphatic heterocycles. The lowest BCUT2D eigenvalue weighted by molar-refractivity contribution is -0.142. The van der Waals surface area contributed by atoms with Crippen LogP contribution < -0.4 is 0 Å². The molecule has 1 aliphatic rings. The summed E-state index contributed by atoms with van der Waals surface area (Å²) in [5.74, 6) is 0.178. The zero-order chi connectivity index (χ0) is 14.1. The molecule has 0 spiro atoms. The Morgan fingerprint density at radius 2 is 2.00 bits per heavy atom. The van der Waals surface area contributed by atoms with Gasteiger partial charge in [-0.2, -0.15) is 0 Å². The van der Waals surface area contributed by atoms with Crippen LogP contribution in [0.2, 0.25) is 0 Å². The fraction of sp³-hybridized carbons (Fsp3) is 0.438. The van der Waals surface area contributed by atoms with Gasteiger partial charge in [0.05, 0.1) is 18.6 Å². The van der Waals surface area contributed by atoms with Crippen molar-refractivity contribution in [3.8, 4) is 0 Å². The second-order valence-electron chi connectivity index (χ2n) is 5.59. The highest BCUT2D eigenvalue weighted by atomic mass is 16.5. The number of ether oxygens (including phenoxy) is 1. The van der Waals surface area contributed by atoms with Crippen LogP contribution in [-0.4, -0.2) is 41.1 Å². The Morgan fingerprint density at radius 1 is 1.30 bits per heavy atom. The minimum absolute atomic E-state index is 0.116. The van der Waals surface area contributed by atoms with Gasteiger partial charge in [0.1, 0.15) is 0 Å². The molecule has 106 valence electrons. The molecule has 1 saturated heterocycles. The number of carbonyl (C=O) groups is 1. The van der Waals surface area contributed by atoms with Gasteiger partial charge in [-0.05, 0) is 25.5 Å². The summed E-state index contributed by atoms with van der Waals surface area (Å²) in [5, 5.41) is 1.13. The maximum absolute atomic E-state index is 12.5. The Balaban J connectivity index is 1.75. The van der Waals surface area contributed by atoms with Gasteiger partial charge in [0, 0.05) is 30.2 Å². The monoisotopic (exact) mass is 272 g/mol. The molecule has 4 heteroatoms. The van der Waals surface area contributed by atoms with Crippen LogP contribution in [0, 0.1) is 0 Å². The van der Waals surface area contributed by atoms with Gasteiger partial charge in [0.2, 0.25) is 5.91 Å². The number of nitrogens with one attached hydrogen (secondary N) is 1. The first-order valence-electron chi connectivity index (χ1n) is 7.11. The van der Waals surface area contributed by atoms with Crippen LogP contribution in [0.5, 0.6) is 0 Å². The maximum atomic E-state index is 12.5. The van der Waals surface area contributed by atoms with Crippen molar-refractivity contribution in [1.29, 1.82) is 0 Å².